The third kappa shape index (κ3) is 4.36. The highest BCUT2D eigenvalue weighted by Crippen LogP contribution is 2.30. The van der Waals surface area contributed by atoms with Gasteiger partial charge in [-0.25, -0.2) is 0 Å². The Balaban J connectivity index is 1.48. The summed E-state index contributed by atoms with van der Waals surface area (Å²) in [4.78, 5) is 13.3. The normalized spacial score (nSPS) is 17.2. The van der Waals surface area contributed by atoms with E-state index in [2.05, 4.69) is 5.32 Å². The zero-order valence-electron chi connectivity index (χ0n) is 13.2. The van der Waals surface area contributed by atoms with E-state index in [0.717, 1.165) is 10.6 Å². The molecule has 0 aliphatic carbocycles. The molecule has 3 rings (SSSR count). The Bertz CT molecular complexity index is 708. The lowest BCUT2D eigenvalue weighted by Gasteiger charge is -2.26. The van der Waals surface area contributed by atoms with Crippen LogP contribution in [-0.2, 0) is 4.79 Å². The van der Waals surface area contributed by atoms with Gasteiger partial charge in [0, 0.05) is 9.92 Å². The zero-order valence-corrected chi connectivity index (χ0v) is 14.8. The first kappa shape index (κ1) is 17.0. The number of rotatable bonds is 5. The van der Waals surface area contributed by atoms with Crippen LogP contribution in [0.15, 0.2) is 53.4 Å². The fourth-order valence-corrected chi connectivity index (χ4v) is 3.31. The summed E-state index contributed by atoms with van der Waals surface area (Å²) in [7, 11) is 0. The molecule has 0 aromatic heterocycles. The summed E-state index contributed by atoms with van der Waals surface area (Å²) in [6.07, 6.45) is -0.184. The number of amides is 1. The zero-order chi connectivity index (χ0) is 16.9. The van der Waals surface area contributed by atoms with Crippen LogP contribution in [0.25, 0.3) is 0 Å². The molecule has 1 amide bonds. The van der Waals surface area contributed by atoms with Gasteiger partial charge in [0.2, 0.25) is 5.91 Å². The number of fused-ring (bicyclic) bond motifs is 1. The summed E-state index contributed by atoms with van der Waals surface area (Å²) >= 11 is 7.36. The van der Waals surface area contributed by atoms with Crippen LogP contribution in [0.2, 0.25) is 5.02 Å². The van der Waals surface area contributed by atoms with Crippen LogP contribution >= 0.6 is 23.4 Å². The predicted octanol–water partition coefficient (Wildman–Crippen LogP) is 3.78. The first-order chi connectivity index (χ1) is 11.6. The Morgan fingerprint density at radius 2 is 1.96 bits per heavy atom. The molecule has 0 radical (unpaired) electrons. The predicted molar refractivity (Wildman–Crippen MR) is 96.1 cm³/mol. The number of carbonyl (C=O) groups is 1. The molecule has 0 fully saturated rings. The van der Waals surface area contributed by atoms with Crippen LogP contribution in [0.5, 0.6) is 11.5 Å². The van der Waals surface area contributed by atoms with Gasteiger partial charge in [0.05, 0.1) is 11.8 Å². The molecule has 0 bridgehead atoms. The number of thioether (sulfide) groups is 1. The monoisotopic (exact) mass is 363 g/mol. The van der Waals surface area contributed by atoms with Gasteiger partial charge in [-0.3, -0.25) is 4.79 Å². The van der Waals surface area contributed by atoms with E-state index >= 15 is 0 Å². The second kappa shape index (κ2) is 7.81. The molecule has 0 spiro atoms. The third-order valence-electron chi connectivity index (χ3n) is 3.57. The van der Waals surface area contributed by atoms with Crippen LogP contribution < -0.4 is 14.8 Å². The molecule has 1 aliphatic rings. The van der Waals surface area contributed by atoms with E-state index in [1.807, 2.05) is 55.5 Å². The van der Waals surface area contributed by atoms with E-state index in [9.17, 15) is 4.79 Å². The fraction of sp³-hybridized carbons (Fsp3) is 0.278. The molecule has 1 N–H and O–H groups in total. The molecule has 2 aromatic rings. The van der Waals surface area contributed by atoms with Crippen LogP contribution in [-0.4, -0.2) is 30.4 Å². The standard InChI is InChI=1S/C18H18ClNO3S/c1-12(24-15-8-6-13(19)7-9-15)18(21)20-10-14-11-22-16-4-2-3-5-17(16)23-14/h2-9,12,14H,10-11H2,1H3,(H,20,21)/t12-,14+/m0/s1. The number of carbonyl (C=O) groups excluding carboxylic acids is 1. The number of benzene rings is 2. The maximum Gasteiger partial charge on any atom is 0.233 e. The van der Waals surface area contributed by atoms with Crippen molar-refractivity contribution < 1.29 is 14.3 Å². The molecule has 0 saturated carbocycles. The Morgan fingerprint density at radius 3 is 2.71 bits per heavy atom. The molecule has 2 atom stereocenters. The van der Waals surface area contributed by atoms with Gasteiger partial charge in [-0.15, -0.1) is 11.8 Å². The van der Waals surface area contributed by atoms with Crippen molar-refractivity contribution >= 4 is 29.3 Å². The number of halogens is 1. The van der Waals surface area contributed by atoms with Crippen molar-refractivity contribution in [2.45, 2.75) is 23.2 Å². The van der Waals surface area contributed by atoms with Crippen molar-refractivity contribution in [1.29, 1.82) is 0 Å². The lowest BCUT2D eigenvalue weighted by molar-refractivity contribution is -0.120. The summed E-state index contributed by atoms with van der Waals surface area (Å²) in [6, 6.07) is 15.0. The highest BCUT2D eigenvalue weighted by atomic mass is 35.5. The summed E-state index contributed by atoms with van der Waals surface area (Å²) in [5, 5.41) is 3.40. The van der Waals surface area contributed by atoms with Crippen molar-refractivity contribution in [1.82, 2.24) is 5.32 Å². The second-order valence-electron chi connectivity index (χ2n) is 5.46. The molecule has 24 heavy (non-hydrogen) atoms. The summed E-state index contributed by atoms with van der Waals surface area (Å²) < 4.78 is 11.5. The quantitative estimate of drug-likeness (QED) is 0.821. The molecule has 0 unspecified atom stereocenters. The average molecular weight is 364 g/mol. The van der Waals surface area contributed by atoms with Gasteiger partial charge in [-0.1, -0.05) is 23.7 Å². The number of para-hydroxylation sites is 2. The maximum atomic E-state index is 12.2. The Hall–Kier alpha value is -1.85. The fourth-order valence-electron chi connectivity index (χ4n) is 2.29. The molecule has 4 nitrogen and oxygen atoms in total. The molecular weight excluding hydrogens is 346 g/mol. The molecule has 126 valence electrons. The van der Waals surface area contributed by atoms with Crippen molar-refractivity contribution in [3.8, 4) is 11.5 Å². The van der Waals surface area contributed by atoms with Crippen LogP contribution in [0, 0.1) is 0 Å². The summed E-state index contributed by atoms with van der Waals surface area (Å²) in [6.45, 7) is 2.72. The minimum atomic E-state index is -0.206. The van der Waals surface area contributed by atoms with Gasteiger partial charge >= 0.3 is 0 Å². The van der Waals surface area contributed by atoms with E-state index in [1.165, 1.54) is 11.8 Å². The van der Waals surface area contributed by atoms with E-state index in [1.54, 1.807) is 0 Å². The topological polar surface area (TPSA) is 47.6 Å². The van der Waals surface area contributed by atoms with Crippen molar-refractivity contribution in [3.05, 3.63) is 53.6 Å². The SMILES string of the molecule is C[C@H](Sc1ccc(Cl)cc1)C(=O)NC[C@@H]1COc2ccccc2O1. The molecular formula is C18H18ClNO3S. The first-order valence-electron chi connectivity index (χ1n) is 7.70. The summed E-state index contributed by atoms with van der Waals surface area (Å²) in [5.41, 5.74) is 0. The first-order valence-corrected chi connectivity index (χ1v) is 8.96. The Labute approximate surface area is 150 Å². The highest BCUT2D eigenvalue weighted by Gasteiger charge is 2.22. The van der Waals surface area contributed by atoms with Gasteiger partial charge in [-0.05, 0) is 43.3 Å². The lowest BCUT2D eigenvalue weighted by Crippen LogP contribution is -2.42. The van der Waals surface area contributed by atoms with E-state index in [4.69, 9.17) is 21.1 Å². The van der Waals surface area contributed by atoms with Crippen LogP contribution in [0.1, 0.15) is 6.92 Å². The Morgan fingerprint density at radius 1 is 1.25 bits per heavy atom. The molecule has 2 aromatic carbocycles. The molecule has 1 heterocycles. The third-order valence-corrected chi connectivity index (χ3v) is 4.93. The van der Waals surface area contributed by atoms with E-state index in [-0.39, 0.29) is 17.3 Å². The molecule has 6 heteroatoms. The minimum absolute atomic E-state index is 0.0302. The van der Waals surface area contributed by atoms with Gasteiger partial charge < -0.3 is 14.8 Å². The van der Waals surface area contributed by atoms with Crippen LogP contribution in [0.4, 0.5) is 0 Å². The number of hydrogen-bond acceptors (Lipinski definition) is 4. The number of hydrogen-bond donors (Lipinski definition) is 1. The summed E-state index contributed by atoms with van der Waals surface area (Å²) in [5.74, 6) is 1.43. The van der Waals surface area contributed by atoms with Gasteiger partial charge in [0.15, 0.2) is 11.5 Å². The van der Waals surface area contributed by atoms with Gasteiger partial charge in [-0.2, -0.15) is 0 Å². The Kier molecular flexibility index (Phi) is 5.53. The number of nitrogens with one attached hydrogen (secondary N) is 1. The highest BCUT2D eigenvalue weighted by molar-refractivity contribution is 8.00. The van der Waals surface area contributed by atoms with E-state index in [0.29, 0.717) is 23.9 Å². The molecule has 1 aliphatic heterocycles. The van der Waals surface area contributed by atoms with Crippen LogP contribution in [0.3, 0.4) is 0 Å². The minimum Gasteiger partial charge on any atom is -0.486 e. The molecule has 0 saturated heterocycles. The largest absolute Gasteiger partial charge is 0.486 e. The average Bonchev–Trinajstić information content (AvgIpc) is 2.61. The smallest absolute Gasteiger partial charge is 0.233 e. The van der Waals surface area contributed by atoms with E-state index < -0.39 is 0 Å². The van der Waals surface area contributed by atoms with Crippen molar-refractivity contribution in [3.63, 3.8) is 0 Å². The lowest BCUT2D eigenvalue weighted by atomic mass is 10.2. The van der Waals surface area contributed by atoms with Gasteiger partial charge in [0.1, 0.15) is 12.7 Å². The maximum absolute atomic E-state index is 12.2. The van der Waals surface area contributed by atoms with Crippen molar-refractivity contribution in [2.75, 3.05) is 13.2 Å². The second-order valence-corrected chi connectivity index (χ2v) is 7.31. The number of ether oxygens (including phenoxy) is 2. The van der Waals surface area contributed by atoms with Crippen molar-refractivity contribution in [2.24, 2.45) is 0 Å². The van der Waals surface area contributed by atoms with Gasteiger partial charge in [0.25, 0.3) is 0 Å².